The van der Waals surface area contributed by atoms with E-state index >= 15 is 0 Å². The second kappa shape index (κ2) is 6.37. The number of hydrogen-bond donors (Lipinski definition) is 1. The van der Waals surface area contributed by atoms with Gasteiger partial charge in [0.2, 0.25) is 0 Å². The van der Waals surface area contributed by atoms with Crippen LogP contribution in [0.25, 0.3) is 5.69 Å². The summed E-state index contributed by atoms with van der Waals surface area (Å²) in [5.74, 6) is 0.846. The van der Waals surface area contributed by atoms with Gasteiger partial charge in [0, 0.05) is 32.6 Å². The molecule has 1 aromatic heterocycles. The van der Waals surface area contributed by atoms with E-state index in [1.807, 2.05) is 59.4 Å². The molecule has 3 rings (SSSR count). The van der Waals surface area contributed by atoms with E-state index in [1.165, 1.54) is 5.56 Å². The fraction of sp³-hybridized carbons (Fsp3) is 0.0625. The lowest BCUT2D eigenvalue weighted by atomic mass is 10.3. The van der Waals surface area contributed by atoms with E-state index in [2.05, 4.69) is 27.2 Å². The van der Waals surface area contributed by atoms with Gasteiger partial charge in [-0.1, -0.05) is 34.1 Å². The summed E-state index contributed by atoms with van der Waals surface area (Å²) in [4.78, 5) is 1.09. The zero-order chi connectivity index (χ0) is 14.7. The molecule has 0 amide bonds. The van der Waals surface area contributed by atoms with Crippen LogP contribution in [0.4, 0.5) is 5.69 Å². The van der Waals surface area contributed by atoms with E-state index < -0.39 is 0 Å². The maximum atomic E-state index is 6.01. The number of para-hydroxylation sites is 1. The molecule has 0 saturated heterocycles. The molecule has 0 aliphatic heterocycles. The molecule has 0 bridgehead atoms. The lowest BCUT2D eigenvalue weighted by molar-refractivity contribution is 0.880. The average Bonchev–Trinajstić information content (AvgIpc) is 2.96. The van der Waals surface area contributed by atoms with E-state index in [4.69, 9.17) is 5.73 Å². The molecular weight excluding hydrogens is 346 g/mol. The molecular formula is C16H14BrN3S. The molecule has 0 radical (unpaired) electrons. The molecule has 0 aliphatic rings. The van der Waals surface area contributed by atoms with Crippen molar-refractivity contribution in [2.45, 2.75) is 10.6 Å². The zero-order valence-electron chi connectivity index (χ0n) is 11.2. The van der Waals surface area contributed by atoms with Gasteiger partial charge in [0.1, 0.15) is 0 Å². The number of rotatable bonds is 4. The van der Waals surface area contributed by atoms with Gasteiger partial charge in [-0.05, 0) is 30.3 Å². The molecule has 0 unspecified atom stereocenters. The molecule has 1 heterocycles. The number of nitrogens with two attached hydrogens (primary N) is 1. The largest absolute Gasteiger partial charge is 0.398 e. The second-order valence-electron chi connectivity index (χ2n) is 4.60. The van der Waals surface area contributed by atoms with E-state index in [0.717, 1.165) is 26.5 Å². The van der Waals surface area contributed by atoms with Crippen molar-refractivity contribution >= 4 is 33.4 Å². The third-order valence-electron chi connectivity index (χ3n) is 3.02. The van der Waals surface area contributed by atoms with Crippen LogP contribution in [-0.4, -0.2) is 9.78 Å². The van der Waals surface area contributed by atoms with Gasteiger partial charge in [-0.3, -0.25) is 0 Å². The smallest absolute Gasteiger partial charge is 0.0645 e. The fourth-order valence-corrected chi connectivity index (χ4v) is 3.21. The molecule has 0 atom stereocenters. The predicted molar refractivity (Wildman–Crippen MR) is 91.7 cm³/mol. The number of halogens is 1. The Morgan fingerprint density at radius 3 is 2.71 bits per heavy atom. The number of hydrogen-bond acceptors (Lipinski definition) is 3. The quantitative estimate of drug-likeness (QED) is 0.550. The third-order valence-corrected chi connectivity index (χ3v) is 4.68. The van der Waals surface area contributed by atoms with Gasteiger partial charge in [-0.15, -0.1) is 11.8 Å². The van der Waals surface area contributed by atoms with Crippen LogP contribution in [0.15, 0.2) is 70.3 Å². The SMILES string of the molecule is Nc1cc(Br)ccc1SCc1cnn(-c2ccccc2)c1. The highest BCUT2D eigenvalue weighted by molar-refractivity contribution is 9.10. The van der Waals surface area contributed by atoms with E-state index in [9.17, 15) is 0 Å². The summed E-state index contributed by atoms with van der Waals surface area (Å²) in [7, 11) is 0. The van der Waals surface area contributed by atoms with Crippen molar-refractivity contribution in [3.8, 4) is 5.69 Å². The van der Waals surface area contributed by atoms with Crippen LogP contribution in [0.1, 0.15) is 5.56 Å². The molecule has 2 N–H and O–H groups in total. The number of thioether (sulfide) groups is 1. The monoisotopic (exact) mass is 359 g/mol. The van der Waals surface area contributed by atoms with Crippen LogP contribution in [0.2, 0.25) is 0 Å². The molecule has 0 aliphatic carbocycles. The molecule has 0 spiro atoms. The van der Waals surface area contributed by atoms with Gasteiger partial charge in [0.25, 0.3) is 0 Å². The van der Waals surface area contributed by atoms with Crippen LogP contribution in [0.3, 0.4) is 0 Å². The number of anilines is 1. The van der Waals surface area contributed by atoms with Crippen LogP contribution < -0.4 is 5.73 Å². The van der Waals surface area contributed by atoms with Crippen molar-refractivity contribution in [1.29, 1.82) is 0 Å². The number of benzene rings is 2. The second-order valence-corrected chi connectivity index (χ2v) is 6.53. The van der Waals surface area contributed by atoms with E-state index in [-0.39, 0.29) is 0 Å². The average molecular weight is 360 g/mol. The van der Waals surface area contributed by atoms with Gasteiger partial charge >= 0.3 is 0 Å². The Kier molecular flexibility index (Phi) is 4.31. The molecule has 0 fully saturated rings. The lowest BCUT2D eigenvalue weighted by Crippen LogP contribution is -1.92. The van der Waals surface area contributed by atoms with E-state index in [1.54, 1.807) is 11.8 Å². The molecule has 21 heavy (non-hydrogen) atoms. The zero-order valence-corrected chi connectivity index (χ0v) is 13.6. The van der Waals surface area contributed by atoms with Crippen molar-refractivity contribution in [1.82, 2.24) is 9.78 Å². The molecule has 106 valence electrons. The number of aromatic nitrogens is 2. The molecule has 0 saturated carbocycles. The first kappa shape index (κ1) is 14.2. The van der Waals surface area contributed by atoms with Gasteiger partial charge in [-0.2, -0.15) is 5.10 Å². The lowest BCUT2D eigenvalue weighted by Gasteiger charge is -2.04. The highest BCUT2D eigenvalue weighted by Crippen LogP contribution is 2.30. The summed E-state index contributed by atoms with van der Waals surface area (Å²) in [5.41, 5.74) is 9.05. The Hall–Kier alpha value is -1.72. The summed E-state index contributed by atoms with van der Waals surface area (Å²) in [5, 5.41) is 4.40. The molecule has 2 aromatic carbocycles. The normalized spacial score (nSPS) is 10.7. The first-order valence-corrected chi connectivity index (χ1v) is 8.27. The number of nitrogen functional groups attached to an aromatic ring is 1. The maximum absolute atomic E-state index is 6.01. The summed E-state index contributed by atoms with van der Waals surface area (Å²) in [6.07, 6.45) is 3.95. The summed E-state index contributed by atoms with van der Waals surface area (Å²) in [6.45, 7) is 0. The van der Waals surface area contributed by atoms with Crippen molar-refractivity contribution in [3.63, 3.8) is 0 Å². The first-order valence-electron chi connectivity index (χ1n) is 6.49. The minimum Gasteiger partial charge on any atom is -0.398 e. The minimum absolute atomic E-state index is 0.796. The first-order chi connectivity index (χ1) is 10.2. The Morgan fingerprint density at radius 1 is 1.14 bits per heavy atom. The highest BCUT2D eigenvalue weighted by Gasteiger charge is 2.04. The summed E-state index contributed by atoms with van der Waals surface area (Å²) < 4.78 is 2.89. The van der Waals surface area contributed by atoms with Crippen LogP contribution in [-0.2, 0) is 5.75 Å². The van der Waals surface area contributed by atoms with Crippen LogP contribution >= 0.6 is 27.7 Å². The van der Waals surface area contributed by atoms with Gasteiger partial charge in [-0.25, -0.2) is 4.68 Å². The minimum atomic E-state index is 0.796. The Morgan fingerprint density at radius 2 is 1.95 bits per heavy atom. The van der Waals surface area contributed by atoms with Crippen molar-refractivity contribution < 1.29 is 0 Å². The summed E-state index contributed by atoms with van der Waals surface area (Å²) in [6, 6.07) is 16.1. The van der Waals surface area contributed by atoms with Gasteiger partial charge in [0.15, 0.2) is 0 Å². The van der Waals surface area contributed by atoms with E-state index in [0.29, 0.717) is 0 Å². The molecule has 3 aromatic rings. The topological polar surface area (TPSA) is 43.8 Å². The molecule has 3 nitrogen and oxygen atoms in total. The van der Waals surface area contributed by atoms with Crippen molar-refractivity contribution in [3.05, 3.63) is 71.0 Å². The summed E-state index contributed by atoms with van der Waals surface area (Å²) >= 11 is 5.14. The molecule has 5 heteroatoms. The number of nitrogens with zero attached hydrogens (tertiary/aromatic N) is 2. The Balaban J connectivity index is 1.70. The predicted octanol–water partition coefficient (Wildman–Crippen LogP) is 4.51. The van der Waals surface area contributed by atoms with Crippen LogP contribution in [0, 0.1) is 0 Å². The van der Waals surface area contributed by atoms with Gasteiger partial charge in [0.05, 0.1) is 11.9 Å². The van der Waals surface area contributed by atoms with Crippen molar-refractivity contribution in [2.24, 2.45) is 0 Å². The van der Waals surface area contributed by atoms with Crippen molar-refractivity contribution in [2.75, 3.05) is 5.73 Å². The van der Waals surface area contributed by atoms with Gasteiger partial charge < -0.3 is 5.73 Å². The maximum Gasteiger partial charge on any atom is 0.0645 e. The highest BCUT2D eigenvalue weighted by atomic mass is 79.9. The Bertz CT molecular complexity index is 740. The third kappa shape index (κ3) is 3.49. The Labute approximate surface area is 136 Å². The standard InChI is InChI=1S/C16H14BrN3S/c17-13-6-7-16(15(18)8-13)21-11-12-9-19-20(10-12)14-4-2-1-3-5-14/h1-10H,11,18H2. The van der Waals surface area contributed by atoms with Crippen LogP contribution in [0.5, 0.6) is 0 Å². The fourth-order valence-electron chi connectivity index (χ4n) is 1.97.